The Morgan fingerprint density at radius 3 is 2.85 bits per heavy atom. The molecule has 2 bridgehead atoms. The Morgan fingerprint density at radius 1 is 1.33 bits per heavy atom. The van der Waals surface area contributed by atoms with Gasteiger partial charge < -0.3 is 20.1 Å². The summed E-state index contributed by atoms with van der Waals surface area (Å²) in [6.45, 7) is 3.76. The number of fused-ring (bicyclic) bond motifs is 2. The normalized spacial score (nSPS) is 29.7. The molecule has 2 N–H and O–H groups in total. The molecule has 4 atom stereocenters. The summed E-state index contributed by atoms with van der Waals surface area (Å²) in [7, 11) is 1.79. The number of hydrogen-bond acceptors (Lipinski definition) is 4. The zero-order valence-electron chi connectivity index (χ0n) is 15.9. The summed E-state index contributed by atoms with van der Waals surface area (Å²) < 4.78 is 25.2. The molecule has 4 rings (SSSR count). The fourth-order valence-corrected chi connectivity index (χ4v) is 4.41. The second-order valence-corrected chi connectivity index (χ2v) is 7.53. The second-order valence-electron chi connectivity index (χ2n) is 7.53. The molecule has 3 aliphatic rings. The number of morpholine rings is 1. The standard InChI is InChI=1S/C20H29FN4O2/c1-22-20(24-17-12-16-5-6-19(17)27-16)23-13-18(25-7-9-26-10-8-25)14-3-2-4-15(21)11-14/h2-4,11,16-19H,5-10,12-13H2,1H3,(H2,22,23,24). The number of rotatable bonds is 5. The minimum Gasteiger partial charge on any atom is -0.379 e. The van der Waals surface area contributed by atoms with Gasteiger partial charge in [-0.1, -0.05) is 12.1 Å². The van der Waals surface area contributed by atoms with Crippen LogP contribution in [-0.4, -0.2) is 69.0 Å². The van der Waals surface area contributed by atoms with Crippen molar-refractivity contribution in [2.24, 2.45) is 4.99 Å². The maximum Gasteiger partial charge on any atom is 0.191 e. The van der Waals surface area contributed by atoms with Gasteiger partial charge in [0.25, 0.3) is 0 Å². The largest absolute Gasteiger partial charge is 0.379 e. The molecule has 3 aliphatic heterocycles. The van der Waals surface area contributed by atoms with Gasteiger partial charge in [0.05, 0.1) is 37.5 Å². The van der Waals surface area contributed by atoms with Crippen LogP contribution in [-0.2, 0) is 9.47 Å². The Morgan fingerprint density at radius 2 is 2.19 bits per heavy atom. The smallest absolute Gasteiger partial charge is 0.191 e. The van der Waals surface area contributed by atoms with Gasteiger partial charge in [0.15, 0.2) is 5.96 Å². The van der Waals surface area contributed by atoms with Crippen LogP contribution in [0.2, 0.25) is 0 Å². The van der Waals surface area contributed by atoms with Crippen LogP contribution in [0.4, 0.5) is 4.39 Å². The zero-order chi connectivity index (χ0) is 18.6. The van der Waals surface area contributed by atoms with Crippen molar-refractivity contribution < 1.29 is 13.9 Å². The van der Waals surface area contributed by atoms with Crippen molar-refractivity contribution in [1.82, 2.24) is 15.5 Å². The molecular formula is C20H29FN4O2. The third-order valence-electron chi connectivity index (χ3n) is 5.83. The molecule has 3 fully saturated rings. The highest BCUT2D eigenvalue weighted by Gasteiger charge is 2.41. The number of hydrogen-bond donors (Lipinski definition) is 2. The van der Waals surface area contributed by atoms with E-state index in [0.29, 0.717) is 38.0 Å². The van der Waals surface area contributed by atoms with E-state index in [-0.39, 0.29) is 11.9 Å². The lowest BCUT2D eigenvalue weighted by Crippen LogP contribution is -2.50. The van der Waals surface area contributed by atoms with Gasteiger partial charge in [0, 0.05) is 26.7 Å². The van der Waals surface area contributed by atoms with Crippen molar-refractivity contribution in [1.29, 1.82) is 0 Å². The predicted octanol–water partition coefficient (Wildman–Crippen LogP) is 1.68. The molecule has 0 aromatic heterocycles. The molecule has 7 heteroatoms. The van der Waals surface area contributed by atoms with Crippen LogP contribution in [0.1, 0.15) is 30.9 Å². The van der Waals surface area contributed by atoms with Gasteiger partial charge in [0.2, 0.25) is 0 Å². The molecule has 4 unspecified atom stereocenters. The summed E-state index contributed by atoms with van der Waals surface area (Å²) in [6.07, 6.45) is 4.04. The first-order valence-corrected chi connectivity index (χ1v) is 9.93. The molecule has 148 valence electrons. The highest BCUT2D eigenvalue weighted by molar-refractivity contribution is 5.80. The van der Waals surface area contributed by atoms with Crippen molar-refractivity contribution in [3.8, 4) is 0 Å². The van der Waals surface area contributed by atoms with Crippen LogP contribution in [0, 0.1) is 5.82 Å². The third-order valence-corrected chi connectivity index (χ3v) is 5.83. The van der Waals surface area contributed by atoms with E-state index in [1.165, 1.54) is 12.5 Å². The first-order chi connectivity index (χ1) is 13.2. The van der Waals surface area contributed by atoms with E-state index in [4.69, 9.17) is 9.47 Å². The van der Waals surface area contributed by atoms with Crippen LogP contribution in [0.5, 0.6) is 0 Å². The number of nitrogens with one attached hydrogen (secondary N) is 2. The first-order valence-electron chi connectivity index (χ1n) is 9.93. The summed E-state index contributed by atoms with van der Waals surface area (Å²) in [5.74, 6) is 0.582. The van der Waals surface area contributed by atoms with Crippen LogP contribution < -0.4 is 10.6 Å². The average molecular weight is 376 g/mol. The highest BCUT2D eigenvalue weighted by Crippen LogP contribution is 2.34. The number of guanidine groups is 1. The Bertz CT molecular complexity index is 665. The van der Waals surface area contributed by atoms with E-state index in [1.54, 1.807) is 19.2 Å². The number of aliphatic imine (C=N–C) groups is 1. The Balaban J connectivity index is 1.41. The number of ether oxygens (including phenoxy) is 2. The molecule has 0 radical (unpaired) electrons. The molecule has 0 saturated carbocycles. The first kappa shape index (κ1) is 18.7. The summed E-state index contributed by atoms with van der Waals surface area (Å²) in [5, 5.41) is 6.96. The van der Waals surface area contributed by atoms with E-state index in [1.807, 2.05) is 6.07 Å². The van der Waals surface area contributed by atoms with Crippen molar-refractivity contribution in [2.75, 3.05) is 39.9 Å². The zero-order valence-corrected chi connectivity index (χ0v) is 15.9. The fraction of sp³-hybridized carbons (Fsp3) is 0.650. The lowest BCUT2D eigenvalue weighted by Gasteiger charge is -2.35. The fourth-order valence-electron chi connectivity index (χ4n) is 4.41. The van der Waals surface area contributed by atoms with Gasteiger partial charge in [-0.2, -0.15) is 0 Å². The lowest BCUT2D eigenvalue weighted by atomic mass is 9.96. The molecule has 27 heavy (non-hydrogen) atoms. The Kier molecular flexibility index (Phi) is 5.90. The second kappa shape index (κ2) is 8.54. The topological polar surface area (TPSA) is 58.1 Å². The summed E-state index contributed by atoms with van der Waals surface area (Å²) in [4.78, 5) is 6.73. The summed E-state index contributed by atoms with van der Waals surface area (Å²) in [5.41, 5.74) is 0.975. The molecule has 1 aromatic rings. The molecule has 1 aromatic carbocycles. The number of benzene rings is 1. The average Bonchev–Trinajstić information content (AvgIpc) is 3.31. The minimum atomic E-state index is -0.201. The van der Waals surface area contributed by atoms with Crippen LogP contribution in [0.25, 0.3) is 0 Å². The van der Waals surface area contributed by atoms with E-state index in [9.17, 15) is 4.39 Å². The summed E-state index contributed by atoms with van der Waals surface area (Å²) in [6, 6.07) is 7.28. The van der Waals surface area contributed by atoms with Crippen molar-refractivity contribution in [3.63, 3.8) is 0 Å². The van der Waals surface area contributed by atoms with Gasteiger partial charge >= 0.3 is 0 Å². The third kappa shape index (κ3) is 4.42. The van der Waals surface area contributed by atoms with Gasteiger partial charge in [-0.05, 0) is 37.0 Å². The molecule has 0 spiro atoms. The van der Waals surface area contributed by atoms with Gasteiger partial charge in [-0.25, -0.2) is 4.39 Å². The molecule has 6 nitrogen and oxygen atoms in total. The molecule has 0 aliphatic carbocycles. The van der Waals surface area contributed by atoms with Gasteiger partial charge in [-0.15, -0.1) is 0 Å². The van der Waals surface area contributed by atoms with Crippen LogP contribution in [0.15, 0.2) is 29.3 Å². The molecule has 0 amide bonds. The lowest BCUT2D eigenvalue weighted by molar-refractivity contribution is 0.0169. The van der Waals surface area contributed by atoms with Gasteiger partial charge in [-0.3, -0.25) is 9.89 Å². The van der Waals surface area contributed by atoms with Crippen molar-refractivity contribution in [2.45, 2.75) is 43.6 Å². The van der Waals surface area contributed by atoms with E-state index in [2.05, 4.69) is 20.5 Å². The van der Waals surface area contributed by atoms with E-state index < -0.39 is 0 Å². The summed E-state index contributed by atoms with van der Waals surface area (Å²) >= 11 is 0. The quantitative estimate of drug-likeness (QED) is 0.605. The van der Waals surface area contributed by atoms with Crippen LogP contribution in [0.3, 0.4) is 0 Å². The SMILES string of the molecule is CN=C(NCC(c1cccc(F)c1)N1CCOCC1)NC1CC2CCC1O2. The minimum absolute atomic E-state index is 0.0689. The Labute approximate surface area is 160 Å². The monoisotopic (exact) mass is 376 g/mol. The van der Waals surface area contributed by atoms with Gasteiger partial charge in [0.1, 0.15) is 5.82 Å². The predicted molar refractivity (Wildman–Crippen MR) is 102 cm³/mol. The molecule has 3 saturated heterocycles. The van der Waals surface area contributed by atoms with Crippen LogP contribution >= 0.6 is 0 Å². The maximum absolute atomic E-state index is 13.8. The Hall–Kier alpha value is -1.70. The number of nitrogens with zero attached hydrogens (tertiary/aromatic N) is 2. The molecular weight excluding hydrogens is 347 g/mol. The number of halogens is 1. The van der Waals surface area contributed by atoms with Crippen molar-refractivity contribution in [3.05, 3.63) is 35.6 Å². The maximum atomic E-state index is 13.8. The van der Waals surface area contributed by atoms with E-state index in [0.717, 1.165) is 37.5 Å². The van der Waals surface area contributed by atoms with E-state index >= 15 is 0 Å². The highest BCUT2D eigenvalue weighted by atomic mass is 19.1. The van der Waals surface area contributed by atoms with Crippen molar-refractivity contribution >= 4 is 5.96 Å². The molecule has 3 heterocycles.